The molecule has 6 heteroatoms. The molecule has 1 aromatic heterocycles. The summed E-state index contributed by atoms with van der Waals surface area (Å²) in [6, 6.07) is 8.92. The SMILES string of the molecule is Cc1c(F)c(F)nc(C(=O)OCc2ccccc2)c1Cl. The summed E-state index contributed by atoms with van der Waals surface area (Å²) in [6.45, 7) is 1.26. The fraction of sp³-hybridized carbons (Fsp3) is 0.143. The zero-order valence-electron chi connectivity index (χ0n) is 10.5. The number of hydrogen-bond acceptors (Lipinski definition) is 3. The Kier molecular flexibility index (Phi) is 4.29. The molecular formula is C14H10ClF2NO2. The molecule has 2 rings (SSSR count). The summed E-state index contributed by atoms with van der Waals surface area (Å²) < 4.78 is 31.4. The van der Waals surface area contributed by atoms with Crippen LogP contribution in [0, 0.1) is 18.7 Å². The number of ether oxygens (including phenoxy) is 1. The highest BCUT2D eigenvalue weighted by Crippen LogP contribution is 2.23. The number of rotatable bonds is 3. The Morgan fingerprint density at radius 3 is 2.60 bits per heavy atom. The van der Waals surface area contributed by atoms with Crippen LogP contribution in [0.4, 0.5) is 8.78 Å². The topological polar surface area (TPSA) is 39.2 Å². The van der Waals surface area contributed by atoms with Gasteiger partial charge in [0.1, 0.15) is 6.61 Å². The van der Waals surface area contributed by atoms with Crippen molar-refractivity contribution in [3.63, 3.8) is 0 Å². The van der Waals surface area contributed by atoms with Crippen molar-refractivity contribution in [3.8, 4) is 0 Å². The van der Waals surface area contributed by atoms with Crippen molar-refractivity contribution in [2.24, 2.45) is 0 Å². The molecule has 0 bridgehead atoms. The Balaban J connectivity index is 2.18. The van der Waals surface area contributed by atoms with Crippen LogP contribution >= 0.6 is 11.6 Å². The predicted octanol–water partition coefficient (Wildman–Crippen LogP) is 3.68. The van der Waals surface area contributed by atoms with Crippen LogP contribution in [0.2, 0.25) is 5.02 Å². The normalized spacial score (nSPS) is 10.4. The molecule has 20 heavy (non-hydrogen) atoms. The third-order valence-corrected chi connectivity index (χ3v) is 3.13. The van der Waals surface area contributed by atoms with E-state index in [2.05, 4.69) is 4.98 Å². The molecule has 0 unspecified atom stereocenters. The Morgan fingerprint density at radius 1 is 1.30 bits per heavy atom. The molecule has 0 atom stereocenters. The Labute approximate surface area is 119 Å². The van der Waals surface area contributed by atoms with Crippen LogP contribution < -0.4 is 0 Å². The van der Waals surface area contributed by atoms with Gasteiger partial charge in [0.05, 0.1) is 5.02 Å². The lowest BCUT2D eigenvalue weighted by Crippen LogP contribution is -2.11. The van der Waals surface area contributed by atoms with E-state index in [-0.39, 0.29) is 17.2 Å². The van der Waals surface area contributed by atoms with Crippen LogP contribution in [0.1, 0.15) is 21.6 Å². The average Bonchev–Trinajstić information content (AvgIpc) is 2.47. The van der Waals surface area contributed by atoms with E-state index in [0.29, 0.717) is 0 Å². The van der Waals surface area contributed by atoms with Gasteiger partial charge in [-0.3, -0.25) is 0 Å². The van der Waals surface area contributed by atoms with Crippen LogP contribution in [0.15, 0.2) is 30.3 Å². The van der Waals surface area contributed by atoms with Crippen LogP contribution in [-0.4, -0.2) is 11.0 Å². The van der Waals surface area contributed by atoms with Crippen molar-refractivity contribution < 1.29 is 18.3 Å². The molecule has 0 saturated heterocycles. The number of nitrogens with zero attached hydrogens (tertiary/aromatic N) is 1. The highest BCUT2D eigenvalue weighted by atomic mass is 35.5. The van der Waals surface area contributed by atoms with Gasteiger partial charge >= 0.3 is 5.97 Å². The van der Waals surface area contributed by atoms with Crippen molar-refractivity contribution in [1.82, 2.24) is 4.98 Å². The summed E-state index contributed by atoms with van der Waals surface area (Å²) in [4.78, 5) is 15.0. The van der Waals surface area contributed by atoms with Gasteiger partial charge in [-0.25, -0.2) is 14.2 Å². The lowest BCUT2D eigenvalue weighted by Gasteiger charge is -2.08. The van der Waals surface area contributed by atoms with Crippen molar-refractivity contribution in [1.29, 1.82) is 0 Å². The second-order valence-corrected chi connectivity index (χ2v) is 4.44. The van der Waals surface area contributed by atoms with Gasteiger partial charge in [-0.15, -0.1) is 0 Å². The van der Waals surface area contributed by atoms with E-state index < -0.39 is 23.4 Å². The number of carbonyl (C=O) groups is 1. The fourth-order valence-electron chi connectivity index (χ4n) is 1.55. The highest BCUT2D eigenvalue weighted by Gasteiger charge is 2.21. The summed E-state index contributed by atoms with van der Waals surface area (Å²) in [5, 5.41) is -0.248. The molecule has 0 aliphatic heterocycles. The van der Waals surface area contributed by atoms with Gasteiger partial charge < -0.3 is 4.74 Å². The lowest BCUT2D eigenvalue weighted by atomic mass is 10.2. The van der Waals surface area contributed by atoms with Crippen molar-refractivity contribution in [3.05, 3.63) is 63.9 Å². The zero-order chi connectivity index (χ0) is 14.7. The largest absolute Gasteiger partial charge is 0.456 e. The molecule has 3 nitrogen and oxygen atoms in total. The molecule has 0 aliphatic carbocycles. The van der Waals surface area contributed by atoms with Crippen LogP contribution in [0.3, 0.4) is 0 Å². The summed E-state index contributed by atoms with van der Waals surface area (Å²) in [7, 11) is 0. The second-order valence-electron chi connectivity index (χ2n) is 4.07. The second kappa shape index (κ2) is 5.96. The number of benzene rings is 1. The number of esters is 1. The molecule has 0 amide bonds. The summed E-state index contributed by atoms with van der Waals surface area (Å²) >= 11 is 5.78. The van der Waals surface area contributed by atoms with Crippen molar-refractivity contribution in [2.45, 2.75) is 13.5 Å². The number of halogens is 3. The Morgan fingerprint density at radius 2 is 1.95 bits per heavy atom. The van der Waals surface area contributed by atoms with E-state index in [0.717, 1.165) is 5.56 Å². The van der Waals surface area contributed by atoms with Gasteiger partial charge in [0.15, 0.2) is 11.5 Å². The maximum atomic E-state index is 13.2. The minimum atomic E-state index is -1.38. The molecule has 104 valence electrons. The minimum absolute atomic E-state index is 0.00424. The zero-order valence-corrected chi connectivity index (χ0v) is 11.2. The number of carbonyl (C=O) groups excluding carboxylic acids is 1. The number of aromatic nitrogens is 1. The lowest BCUT2D eigenvalue weighted by molar-refractivity contribution is 0.0464. The third-order valence-electron chi connectivity index (χ3n) is 2.66. The first kappa shape index (κ1) is 14.4. The molecule has 0 N–H and O–H groups in total. The van der Waals surface area contributed by atoms with E-state index in [4.69, 9.17) is 16.3 Å². The quantitative estimate of drug-likeness (QED) is 0.641. The van der Waals surface area contributed by atoms with Gasteiger partial charge in [-0.1, -0.05) is 41.9 Å². The smallest absolute Gasteiger partial charge is 0.358 e. The van der Waals surface area contributed by atoms with Gasteiger partial charge in [0.2, 0.25) is 5.95 Å². The monoisotopic (exact) mass is 297 g/mol. The summed E-state index contributed by atoms with van der Waals surface area (Å²) in [5.74, 6) is -3.45. The molecule has 1 aromatic carbocycles. The standard InChI is InChI=1S/C14H10ClF2NO2/c1-8-10(15)12(18-13(17)11(8)16)14(19)20-7-9-5-3-2-4-6-9/h2-6H,7H2,1H3. The molecule has 2 aromatic rings. The van der Waals surface area contributed by atoms with Crippen LogP contribution in [0.5, 0.6) is 0 Å². The molecular weight excluding hydrogens is 288 g/mol. The number of pyridine rings is 1. The van der Waals surface area contributed by atoms with E-state index in [1.165, 1.54) is 6.92 Å². The van der Waals surface area contributed by atoms with Gasteiger partial charge in [0, 0.05) is 5.56 Å². The van der Waals surface area contributed by atoms with Crippen molar-refractivity contribution in [2.75, 3.05) is 0 Å². The van der Waals surface area contributed by atoms with E-state index >= 15 is 0 Å². The van der Waals surface area contributed by atoms with Crippen molar-refractivity contribution >= 4 is 17.6 Å². The van der Waals surface area contributed by atoms with E-state index in [1.54, 1.807) is 24.3 Å². The Hall–Kier alpha value is -2.01. The first-order valence-corrected chi connectivity index (χ1v) is 6.10. The maximum absolute atomic E-state index is 13.2. The van der Waals surface area contributed by atoms with E-state index in [9.17, 15) is 13.6 Å². The molecule has 0 radical (unpaired) electrons. The van der Waals surface area contributed by atoms with Gasteiger partial charge in [-0.2, -0.15) is 4.39 Å². The van der Waals surface area contributed by atoms with Crippen LogP contribution in [0.25, 0.3) is 0 Å². The fourth-order valence-corrected chi connectivity index (χ4v) is 1.75. The minimum Gasteiger partial charge on any atom is -0.456 e. The maximum Gasteiger partial charge on any atom is 0.358 e. The molecule has 0 fully saturated rings. The average molecular weight is 298 g/mol. The molecule has 0 saturated carbocycles. The Bertz CT molecular complexity index is 647. The number of hydrogen-bond donors (Lipinski definition) is 0. The van der Waals surface area contributed by atoms with E-state index in [1.807, 2.05) is 6.07 Å². The molecule has 1 heterocycles. The molecule has 0 spiro atoms. The van der Waals surface area contributed by atoms with Gasteiger partial charge in [-0.05, 0) is 12.5 Å². The van der Waals surface area contributed by atoms with Gasteiger partial charge in [0.25, 0.3) is 0 Å². The summed E-state index contributed by atoms with van der Waals surface area (Å²) in [6.07, 6.45) is 0. The summed E-state index contributed by atoms with van der Waals surface area (Å²) in [5.41, 5.74) is 0.154. The predicted molar refractivity (Wildman–Crippen MR) is 69.5 cm³/mol. The van der Waals surface area contributed by atoms with Crippen LogP contribution in [-0.2, 0) is 11.3 Å². The first-order chi connectivity index (χ1) is 9.50. The first-order valence-electron chi connectivity index (χ1n) is 5.73. The molecule has 0 aliphatic rings. The highest BCUT2D eigenvalue weighted by molar-refractivity contribution is 6.34. The third kappa shape index (κ3) is 2.93.